The summed E-state index contributed by atoms with van der Waals surface area (Å²) in [6.45, 7) is 17.6. The van der Waals surface area contributed by atoms with Crippen LogP contribution in [0.5, 0.6) is 0 Å². The summed E-state index contributed by atoms with van der Waals surface area (Å²) in [5.41, 5.74) is -2.32. The average molecular weight is 803 g/mol. The van der Waals surface area contributed by atoms with Crippen molar-refractivity contribution in [2.75, 3.05) is 13.2 Å². The molecule has 10 N–H and O–H groups in total. The van der Waals surface area contributed by atoms with E-state index in [4.69, 9.17) is 23.8 Å². The molecule has 4 saturated carbocycles. The van der Waals surface area contributed by atoms with Gasteiger partial charge in [0.1, 0.15) is 48.8 Å². The molecule has 0 amide bonds. The lowest BCUT2D eigenvalue weighted by molar-refractivity contribution is -0.347. The van der Waals surface area contributed by atoms with Gasteiger partial charge in [-0.15, -0.1) is 0 Å². The minimum Gasteiger partial charge on any atom is -0.393 e. The van der Waals surface area contributed by atoms with Gasteiger partial charge in [0, 0.05) is 0 Å². The van der Waals surface area contributed by atoms with E-state index in [0.717, 1.165) is 6.42 Å². The minimum atomic E-state index is -1.73. The highest BCUT2D eigenvalue weighted by Crippen LogP contribution is 2.76. The Hall–Kier alpha value is -0.860. The lowest BCUT2D eigenvalue weighted by atomic mass is 9.34. The molecule has 56 heavy (non-hydrogen) atoms. The summed E-state index contributed by atoms with van der Waals surface area (Å²) in [6.07, 6.45) is -12.2. The molecular weight excluding hydrogens is 732 g/mol. The van der Waals surface area contributed by atoms with Gasteiger partial charge < -0.3 is 64.9 Å². The molecule has 2 saturated heterocycles. The fourth-order valence-corrected chi connectivity index (χ4v) is 13.3. The zero-order valence-electron chi connectivity index (χ0n) is 34.1. The van der Waals surface area contributed by atoms with Crippen molar-refractivity contribution < 1.29 is 75.1 Å². The van der Waals surface area contributed by atoms with Crippen LogP contribution in [0.3, 0.4) is 0 Å². The van der Waals surface area contributed by atoms with Crippen molar-refractivity contribution in [1.82, 2.24) is 0 Å². The van der Waals surface area contributed by atoms with Gasteiger partial charge in [-0.2, -0.15) is 0 Å². The number of hydrogen-bond acceptors (Lipinski definition) is 15. The van der Waals surface area contributed by atoms with E-state index in [1.54, 1.807) is 6.92 Å². The maximum atomic E-state index is 12.4. The Bertz CT molecular complexity index is 1400. The van der Waals surface area contributed by atoms with E-state index in [9.17, 15) is 51.2 Å². The lowest BCUT2D eigenvalue weighted by Gasteiger charge is -2.71. The zero-order chi connectivity index (χ0) is 41.5. The lowest BCUT2D eigenvalue weighted by Crippen LogP contribution is -2.70. The van der Waals surface area contributed by atoms with E-state index in [1.165, 1.54) is 0 Å². The van der Waals surface area contributed by atoms with Crippen molar-refractivity contribution in [2.45, 2.75) is 185 Å². The highest BCUT2D eigenvalue weighted by Gasteiger charge is 2.73. The molecular formula is C41H70O15. The molecule has 6 rings (SSSR count). The minimum absolute atomic E-state index is 0.0601. The van der Waals surface area contributed by atoms with E-state index in [1.807, 2.05) is 6.92 Å². The summed E-state index contributed by atoms with van der Waals surface area (Å²) >= 11 is 0. The SMILES string of the molecule is C=C(C)C(CCC(C)(OC1OC(COC2OCC(O)C(O)C2O)C(O)C(O)C1O)C1CCC2(C)C1C(O)CC1C3(C)CCC(O)C(C)(C)C3C(O)CC12C)OO. The third-order valence-electron chi connectivity index (χ3n) is 16.5. The third-order valence-corrected chi connectivity index (χ3v) is 16.5. The van der Waals surface area contributed by atoms with Crippen LogP contribution in [-0.2, 0) is 23.8 Å². The average Bonchev–Trinajstić information content (AvgIpc) is 3.51. The molecule has 21 unspecified atom stereocenters. The summed E-state index contributed by atoms with van der Waals surface area (Å²) in [7, 11) is 0. The summed E-state index contributed by atoms with van der Waals surface area (Å²) in [5.74, 6) is -0.764. The third kappa shape index (κ3) is 7.15. The molecule has 0 aromatic rings. The second kappa shape index (κ2) is 15.9. The van der Waals surface area contributed by atoms with Gasteiger partial charge in [-0.3, -0.25) is 5.26 Å². The summed E-state index contributed by atoms with van der Waals surface area (Å²) in [5, 5.41) is 109. The van der Waals surface area contributed by atoms with Gasteiger partial charge in [0.15, 0.2) is 12.6 Å². The Labute approximate surface area is 330 Å². The Balaban J connectivity index is 1.29. The largest absolute Gasteiger partial charge is 0.393 e. The fourth-order valence-electron chi connectivity index (χ4n) is 13.3. The first-order valence-electron chi connectivity index (χ1n) is 20.6. The molecule has 0 aromatic carbocycles. The molecule has 6 aliphatic rings. The van der Waals surface area contributed by atoms with Crippen LogP contribution in [-0.4, -0.2) is 150 Å². The summed E-state index contributed by atoms with van der Waals surface area (Å²) < 4.78 is 23.9. The van der Waals surface area contributed by atoms with Crippen LogP contribution in [0.1, 0.15) is 99.8 Å². The first-order chi connectivity index (χ1) is 26.0. The molecule has 6 fully saturated rings. The van der Waals surface area contributed by atoms with Crippen LogP contribution < -0.4 is 0 Å². The second-order valence-electron chi connectivity index (χ2n) is 20.0. The molecule has 0 bridgehead atoms. The van der Waals surface area contributed by atoms with Crippen LogP contribution in [0.2, 0.25) is 0 Å². The topological polar surface area (TPSA) is 248 Å². The van der Waals surface area contributed by atoms with E-state index in [2.05, 4.69) is 41.2 Å². The van der Waals surface area contributed by atoms with Crippen LogP contribution >= 0.6 is 0 Å². The van der Waals surface area contributed by atoms with Crippen LogP contribution in [0.25, 0.3) is 0 Å². The van der Waals surface area contributed by atoms with Gasteiger partial charge in [0.05, 0.1) is 37.1 Å². The Kier molecular flexibility index (Phi) is 12.7. The highest BCUT2D eigenvalue weighted by molar-refractivity contribution is 5.22. The Morgan fingerprint density at radius 1 is 0.821 bits per heavy atom. The van der Waals surface area contributed by atoms with Gasteiger partial charge in [-0.25, -0.2) is 4.89 Å². The van der Waals surface area contributed by atoms with Crippen molar-refractivity contribution in [3.8, 4) is 0 Å². The molecule has 0 aromatic heterocycles. The quantitative estimate of drug-likeness (QED) is 0.0802. The summed E-state index contributed by atoms with van der Waals surface area (Å²) in [4.78, 5) is 4.79. The monoisotopic (exact) mass is 802 g/mol. The number of aliphatic hydroxyl groups is 9. The number of aliphatic hydroxyl groups excluding tert-OH is 9. The predicted molar refractivity (Wildman–Crippen MR) is 199 cm³/mol. The molecule has 4 aliphatic carbocycles. The van der Waals surface area contributed by atoms with Crippen molar-refractivity contribution >= 4 is 0 Å². The summed E-state index contributed by atoms with van der Waals surface area (Å²) in [6, 6.07) is 0. The molecule has 15 nitrogen and oxygen atoms in total. The van der Waals surface area contributed by atoms with Gasteiger partial charge >= 0.3 is 0 Å². The van der Waals surface area contributed by atoms with Crippen LogP contribution in [0.4, 0.5) is 0 Å². The first-order valence-corrected chi connectivity index (χ1v) is 20.6. The van der Waals surface area contributed by atoms with Crippen molar-refractivity contribution in [2.24, 2.45) is 45.3 Å². The zero-order valence-corrected chi connectivity index (χ0v) is 34.1. The van der Waals surface area contributed by atoms with Gasteiger partial charge in [-0.05, 0) is 116 Å². The van der Waals surface area contributed by atoms with E-state index in [0.29, 0.717) is 37.7 Å². The molecule has 21 atom stereocenters. The number of rotatable bonds is 11. The number of hydrogen-bond donors (Lipinski definition) is 10. The molecule has 324 valence electrons. The van der Waals surface area contributed by atoms with Crippen molar-refractivity contribution in [1.29, 1.82) is 0 Å². The second-order valence-corrected chi connectivity index (χ2v) is 20.0. The number of ether oxygens (including phenoxy) is 4. The van der Waals surface area contributed by atoms with Crippen molar-refractivity contribution in [3.05, 3.63) is 12.2 Å². The maximum absolute atomic E-state index is 12.4. The molecule has 0 radical (unpaired) electrons. The normalized spacial score (nSPS) is 51.9. The molecule has 2 heterocycles. The molecule has 15 heteroatoms. The Morgan fingerprint density at radius 2 is 1.48 bits per heavy atom. The maximum Gasteiger partial charge on any atom is 0.187 e. The fraction of sp³-hybridized carbons (Fsp3) is 0.951. The van der Waals surface area contributed by atoms with E-state index < -0.39 is 108 Å². The van der Waals surface area contributed by atoms with Crippen molar-refractivity contribution in [3.63, 3.8) is 0 Å². The van der Waals surface area contributed by atoms with Crippen LogP contribution in [0.15, 0.2) is 12.2 Å². The highest BCUT2D eigenvalue weighted by atomic mass is 17.1. The predicted octanol–water partition coefficient (Wildman–Crippen LogP) is 1.23. The van der Waals surface area contributed by atoms with E-state index in [-0.39, 0.29) is 48.5 Å². The smallest absolute Gasteiger partial charge is 0.187 e. The number of fused-ring (bicyclic) bond motifs is 5. The van der Waals surface area contributed by atoms with Gasteiger partial charge in [-0.1, -0.05) is 41.2 Å². The van der Waals surface area contributed by atoms with E-state index >= 15 is 0 Å². The van der Waals surface area contributed by atoms with Gasteiger partial charge in [0.2, 0.25) is 0 Å². The Morgan fingerprint density at radius 3 is 2.12 bits per heavy atom. The van der Waals surface area contributed by atoms with Gasteiger partial charge in [0.25, 0.3) is 0 Å². The standard InChI is InChI=1S/C41H70O15/c1-19(2)24(56-51)10-14-41(8,55-36-33(50)31(48)30(47)25(54-36)18-53-35-32(49)29(46)23(44)17-52-35)20-9-13-39(6)28(20)21(42)15-26-38(5)12-11-27(45)37(3,4)34(38)22(43)16-40(26,39)7/h20-36,42-51H,1,9-18H2,2-8H3. The molecule has 2 aliphatic heterocycles. The van der Waals surface area contributed by atoms with Crippen LogP contribution in [0, 0.1) is 45.3 Å². The first kappa shape index (κ1) is 44.7. The molecule has 0 spiro atoms.